The van der Waals surface area contributed by atoms with Crippen molar-refractivity contribution in [3.8, 4) is 0 Å². The van der Waals surface area contributed by atoms with E-state index in [2.05, 4.69) is 4.74 Å². The van der Waals surface area contributed by atoms with Crippen LogP contribution >= 0.6 is 0 Å². The SMILES string of the molecule is COC(=O)C1CC(OC(C)=O)C1. The normalized spacial score (nSPS) is 27.2. The van der Waals surface area contributed by atoms with E-state index in [0.717, 1.165) is 0 Å². The lowest BCUT2D eigenvalue weighted by Gasteiger charge is -2.32. The maximum atomic E-state index is 10.9. The van der Waals surface area contributed by atoms with Gasteiger partial charge in [0.15, 0.2) is 0 Å². The standard InChI is InChI=1S/C8H12O4/c1-5(9)12-7-3-6(4-7)8(10)11-2/h6-7H,3-4H2,1-2H3. The molecule has 0 aromatic carbocycles. The van der Waals surface area contributed by atoms with Crippen LogP contribution in [0.1, 0.15) is 19.8 Å². The summed E-state index contributed by atoms with van der Waals surface area (Å²) in [5.74, 6) is -0.568. The number of esters is 2. The predicted molar refractivity (Wildman–Crippen MR) is 40.3 cm³/mol. The Morgan fingerprint density at radius 3 is 2.33 bits per heavy atom. The molecular formula is C8H12O4. The molecule has 4 heteroatoms. The molecule has 0 aromatic rings. The van der Waals surface area contributed by atoms with E-state index in [0.29, 0.717) is 12.8 Å². The van der Waals surface area contributed by atoms with Crippen molar-refractivity contribution in [3.63, 3.8) is 0 Å². The lowest BCUT2D eigenvalue weighted by atomic mass is 9.82. The molecule has 0 N–H and O–H groups in total. The topological polar surface area (TPSA) is 52.6 Å². The van der Waals surface area contributed by atoms with E-state index in [4.69, 9.17) is 4.74 Å². The van der Waals surface area contributed by atoms with E-state index < -0.39 is 0 Å². The van der Waals surface area contributed by atoms with Crippen molar-refractivity contribution < 1.29 is 19.1 Å². The minimum atomic E-state index is -0.289. The smallest absolute Gasteiger partial charge is 0.308 e. The monoisotopic (exact) mass is 172 g/mol. The van der Waals surface area contributed by atoms with Gasteiger partial charge in [0.2, 0.25) is 0 Å². The Hall–Kier alpha value is -1.06. The lowest BCUT2D eigenvalue weighted by molar-refractivity contribution is -0.164. The fraction of sp³-hybridized carbons (Fsp3) is 0.750. The van der Waals surface area contributed by atoms with Crippen LogP contribution in [-0.2, 0) is 19.1 Å². The number of hydrogen-bond acceptors (Lipinski definition) is 4. The number of ether oxygens (including phenoxy) is 2. The summed E-state index contributed by atoms with van der Waals surface area (Å²) in [4.78, 5) is 21.3. The van der Waals surface area contributed by atoms with Crippen molar-refractivity contribution in [1.29, 1.82) is 0 Å². The Balaban J connectivity index is 2.20. The van der Waals surface area contributed by atoms with Crippen molar-refractivity contribution in [1.82, 2.24) is 0 Å². The molecule has 0 aliphatic heterocycles. The third-order valence-corrected chi connectivity index (χ3v) is 1.96. The maximum Gasteiger partial charge on any atom is 0.308 e. The van der Waals surface area contributed by atoms with Gasteiger partial charge in [-0.15, -0.1) is 0 Å². The van der Waals surface area contributed by atoms with Crippen LogP contribution in [0.4, 0.5) is 0 Å². The van der Waals surface area contributed by atoms with Crippen LogP contribution in [0.2, 0.25) is 0 Å². The van der Waals surface area contributed by atoms with Gasteiger partial charge in [-0.2, -0.15) is 0 Å². The lowest BCUT2D eigenvalue weighted by Crippen LogP contribution is -2.37. The molecule has 0 aromatic heterocycles. The summed E-state index contributed by atoms with van der Waals surface area (Å²) in [7, 11) is 1.36. The van der Waals surface area contributed by atoms with Crippen LogP contribution in [0.3, 0.4) is 0 Å². The van der Waals surface area contributed by atoms with Crippen LogP contribution < -0.4 is 0 Å². The highest BCUT2D eigenvalue weighted by atomic mass is 16.5. The summed E-state index contributed by atoms with van der Waals surface area (Å²) in [5.41, 5.74) is 0. The zero-order valence-corrected chi connectivity index (χ0v) is 7.20. The van der Waals surface area contributed by atoms with Gasteiger partial charge in [0.1, 0.15) is 6.10 Å². The number of carbonyl (C=O) groups is 2. The first-order valence-corrected chi connectivity index (χ1v) is 3.88. The molecule has 0 radical (unpaired) electrons. The Morgan fingerprint density at radius 1 is 1.33 bits per heavy atom. The minimum Gasteiger partial charge on any atom is -0.469 e. The molecule has 1 saturated carbocycles. The molecule has 0 saturated heterocycles. The average molecular weight is 172 g/mol. The molecule has 0 spiro atoms. The largest absolute Gasteiger partial charge is 0.469 e. The molecule has 12 heavy (non-hydrogen) atoms. The second-order valence-electron chi connectivity index (χ2n) is 2.92. The first-order valence-electron chi connectivity index (χ1n) is 3.88. The van der Waals surface area contributed by atoms with E-state index in [1.807, 2.05) is 0 Å². The number of carbonyl (C=O) groups excluding carboxylic acids is 2. The highest BCUT2D eigenvalue weighted by Crippen LogP contribution is 2.30. The maximum absolute atomic E-state index is 10.9. The molecule has 1 fully saturated rings. The molecule has 1 aliphatic rings. The Labute approximate surface area is 70.8 Å². The van der Waals surface area contributed by atoms with Crippen molar-refractivity contribution in [2.75, 3.05) is 7.11 Å². The van der Waals surface area contributed by atoms with Gasteiger partial charge in [-0.25, -0.2) is 0 Å². The Morgan fingerprint density at radius 2 is 1.92 bits per heavy atom. The second kappa shape index (κ2) is 3.56. The average Bonchev–Trinajstić information content (AvgIpc) is 1.94. The molecule has 0 amide bonds. The molecule has 0 unspecified atom stereocenters. The molecular weight excluding hydrogens is 160 g/mol. The van der Waals surface area contributed by atoms with Crippen molar-refractivity contribution in [3.05, 3.63) is 0 Å². The van der Waals surface area contributed by atoms with E-state index in [9.17, 15) is 9.59 Å². The Bertz CT molecular complexity index is 193. The summed E-state index contributed by atoms with van der Waals surface area (Å²) < 4.78 is 9.39. The van der Waals surface area contributed by atoms with E-state index in [1.165, 1.54) is 14.0 Å². The summed E-state index contributed by atoms with van der Waals surface area (Å²) >= 11 is 0. The molecule has 68 valence electrons. The zero-order valence-electron chi connectivity index (χ0n) is 7.20. The van der Waals surface area contributed by atoms with E-state index in [-0.39, 0.29) is 24.0 Å². The fourth-order valence-corrected chi connectivity index (χ4v) is 1.26. The summed E-state index contributed by atoms with van der Waals surface area (Å²) in [6.07, 6.45) is 1.13. The predicted octanol–water partition coefficient (Wildman–Crippen LogP) is 0.501. The van der Waals surface area contributed by atoms with Gasteiger partial charge in [-0.05, 0) is 12.8 Å². The first-order chi connectivity index (χ1) is 5.63. The highest BCUT2D eigenvalue weighted by molar-refractivity contribution is 5.74. The highest BCUT2D eigenvalue weighted by Gasteiger charge is 2.37. The van der Waals surface area contributed by atoms with Crippen LogP contribution in [0.15, 0.2) is 0 Å². The number of methoxy groups -OCH3 is 1. The van der Waals surface area contributed by atoms with Crippen molar-refractivity contribution in [2.45, 2.75) is 25.9 Å². The molecule has 1 rings (SSSR count). The van der Waals surface area contributed by atoms with Gasteiger partial charge in [0, 0.05) is 6.92 Å². The first kappa shape index (κ1) is 9.03. The summed E-state index contributed by atoms with van der Waals surface area (Å²) in [5, 5.41) is 0. The third-order valence-electron chi connectivity index (χ3n) is 1.96. The minimum absolute atomic E-state index is 0.0700. The van der Waals surface area contributed by atoms with Gasteiger partial charge in [0.05, 0.1) is 13.0 Å². The quantitative estimate of drug-likeness (QED) is 0.569. The van der Waals surface area contributed by atoms with Crippen molar-refractivity contribution >= 4 is 11.9 Å². The summed E-state index contributed by atoms with van der Waals surface area (Å²) in [6.45, 7) is 1.37. The van der Waals surface area contributed by atoms with Crippen LogP contribution in [0.5, 0.6) is 0 Å². The van der Waals surface area contributed by atoms with Crippen LogP contribution in [-0.4, -0.2) is 25.2 Å². The fourth-order valence-electron chi connectivity index (χ4n) is 1.26. The van der Waals surface area contributed by atoms with Gasteiger partial charge in [-0.3, -0.25) is 9.59 Å². The zero-order chi connectivity index (χ0) is 9.14. The molecule has 0 heterocycles. The van der Waals surface area contributed by atoms with Gasteiger partial charge < -0.3 is 9.47 Å². The molecule has 0 bridgehead atoms. The van der Waals surface area contributed by atoms with Gasteiger partial charge in [-0.1, -0.05) is 0 Å². The van der Waals surface area contributed by atoms with Crippen LogP contribution in [0, 0.1) is 5.92 Å². The van der Waals surface area contributed by atoms with Crippen LogP contribution in [0.25, 0.3) is 0 Å². The van der Waals surface area contributed by atoms with Gasteiger partial charge >= 0.3 is 11.9 Å². The molecule has 4 nitrogen and oxygen atoms in total. The summed E-state index contributed by atoms with van der Waals surface area (Å²) in [6, 6.07) is 0. The number of rotatable bonds is 2. The van der Waals surface area contributed by atoms with Crippen molar-refractivity contribution in [2.24, 2.45) is 5.92 Å². The van der Waals surface area contributed by atoms with Gasteiger partial charge in [0.25, 0.3) is 0 Å². The number of hydrogen-bond donors (Lipinski definition) is 0. The molecule has 0 atom stereocenters. The van der Waals surface area contributed by atoms with E-state index >= 15 is 0 Å². The Kier molecular flexibility index (Phi) is 2.68. The molecule has 1 aliphatic carbocycles. The van der Waals surface area contributed by atoms with E-state index in [1.54, 1.807) is 0 Å². The second-order valence-corrected chi connectivity index (χ2v) is 2.92. The third kappa shape index (κ3) is 1.96.